The average molecular weight is 411 g/mol. The number of aromatic nitrogens is 2. The van der Waals surface area contributed by atoms with Gasteiger partial charge in [-0.2, -0.15) is 0 Å². The summed E-state index contributed by atoms with van der Waals surface area (Å²) in [5.41, 5.74) is 1.89. The number of methoxy groups -OCH3 is 1. The van der Waals surface area contributed by atoms with Gasteiger partial charge in [0.1, 0.15) is 17.9 Å². The maximum absolute atomic E-state index is 12.6. The van der Waals surface area contributed by atoms with E-state index < -0.39 is 0 Å². The molecule has 29 heavy (non-hydrogen) atoms. The Labute approximate surface area is 174 Å². The number of fused-ring (bicyclic) bond motifs is 1. The summed E-state index contributed by atoms with van der Waals surface area (Å²) in [4.78, 5) is 23.6. The van der Waals surface area contributed by atoms with Gasteiger partial charge in [-0.15, -0.1) is 0 Å². The Balaban J connectivity index is 1.35. The Hall–Kier alpha value is -2.86. The molecular formula is C22H23ClN4O2. The molecule has 0 aliphatic carbocycles. The molecule has 1 N–H and O–H groups in total. The van der Waals surface area contributed by atoms with Crippen molar-refractivity contribution < 1.29 is 9.53 Å². The Kier molecular flexibility index (Phi) is 5.81. The molecule has 3 aromatic rings. The van der Waals surface area contributed by atoms with E-state index in [0.717, 1.165) is 54.0 Å². The Morgan fingerprint density at radius 2 is 1.93 bits per heavy atom. The molecule has 1 aliphatic rings. The summed E-state index contributed by atoms with van der Waals surface area (Å²) >= 11 is 6.08. The lowest BCUT2D eigenvalue weighted by atomic mass is 9.95. The van der Waals surface area contributed by atoms with Gasteiger partial charge in [-0.05, 0) is 48.7 Å². The summed E-state index contributed by atoms with van der Waals surface area (Å²) < 4.78 is 5.16. The van der Waals surface area contributed by atoms with E-state index in [2.05, 4.69) is 20.2 Å². The molecule has 0 saturated carbocycles. The number of nitrogens with one attached hydrogen (secondary N) is 1. The van der Waals surface area contributed by atoms with Crippen LogP contribution >= 0.6 is 11.6 Å². The minimum atomic E-state index is 0.0204. The predicted octanol–water partition coefficient (Wildman–Crippen LogP) is 3.82. The molecule has 4 rings (SSSR count). The fourth-order valence-corrected chi connectivity index (χ4v) is 3.86. The maximum Gasteiger partial charge on any atom is 0.223 e. The molecular weight excluding hydrogens is 388 g/mol. The van der Waals surface area contributed by atoms with Crippen molar-refractivity contribution in [1.82, 2.24) is 15.3 Å². The van der Waals surface area contributed by atoms with Crippen molar-refractivity contribution >= 4 is 34.2 Å². The third-order valence-corrected chi connectivity index (χ3v) is 5.60. The largest absolute Gasteiger partial charge is 0.497 e. The van der Waals surface area contributed by atoms with Gasteiger partial charge in [0.05, 0.1) is 12.6 Å². The molecule has 0 unspecified atom stereocenters. The van der Waals surface area contributed by atoms with E-state index in [4.69, 9.17) is 16.3 Å². The minimum absolute atomic E-state index is 0.0204. The van der Waals surface area contributed by atoms with E-state index in [9.17, 15) is 4.79 Å². The van der Waals surface area contributed by atoms with Crippen molar-refractivity contribution in [1.29, 1.82) is 0 Å². The molecule has 2 heterocycles. The van der Waals surface area contributed by atoms with Crippen LogP contribution in [-0.4, -0.2) is 36.1 Å². The summed E-state index contributed by atoms with van der Waals surface area (Å²) in [5, 5.41) is 4.70. The number of carbonyl (C=O) groups is 1. The maximum atomic E-state index is 12.6. The van der Waals surface area contributed by atoms with Gasteiger partial charge in [-0.25, -0.2) is 9.97 Å². The zero-order chi connectivity index (χ0) is 20.2. The van der Waals surface area contributed by atoms with Crippen LogP contribution in [0.25, 0.3) is 10.9 Å². The van der Waals surface area contributed by atoms with Crippen molar-refractivity contribution in [3.8, 4) is 5.75 Å². The third kappa shape index (κ3) is 4.43. The molecule has 0 atom stereocenters. The van der Waals surface area contributed by atoms with Crippen molar-refractivity contribution in [2.24, 2.45) is 5.92 Å². The number of ether oxygens (including phenoxy) is 1. The highest BCUT2D eigenvalue weighted by molar-refractivity contribution is 6.31. The molecule has 1 fully saturated rings. The summed E-state index contributed by atoms with van der Waals surface area (Å²) in [6.07, 6.45) is 3.17. The zero-order valence-electron chi connectivity index (χ0n) is 16.3. The summed E-state index contributed by atoms with van der Waals surface area (Å²) in [5.74, 6) is 1.85. The molecule has 1 amide bonds. The fraction of sp³-hybridized carbons (Fsp3) is 0.318. The Morgan fingerprint density at radius 3 is 2.66 bits per heavy atom. The van der Waals surface area contributed by atoms with Gasteiger partial charge in [0.15, 0.2) is 0 Å². The number of amides is 1. The van der Waals surface area contributed by atoms with Gasteiger partial charge in [-0.3, -0.25) is 4.79 Å². The second kappa shape index (κ2) is 8.66. The van der Waals surface area contributed by atoms with Crippen LogP contribution in [-0.2, 0) is 11.3 Å². The fourth-order valence-electron chi connectivity index (χ4n) is 3.70. The summed E-state index contributed by atoms with van der Waals surface area (Å²) in [6.45, 7) is 2.10. The zero-order valence-corrected chi connectivity index (χ0v) is 17.0. The number of hydrogen-bond acceptors (Lipinski definition) is 5. The lowest BCUT2D eigenvalue weighted by Gasteiger charge is -2.32. The van der Waals surface area contributed by atoms with Gasteiger partial charge in [0.2, 0.25) is 5.91 Å². The smallest absolute Gasteiger partial charge is 0.223 e. The molecule has 1 aromatic heterocycles. The van der Waals surface area contributed by atoms with Crippen LogP contribution in [0.4, 0.5) is 5.82 Å². The van der Waals surface area contributed by atoms with Crippen molar-refractivity contribution in [2.75, 3.05) is 25.1 Å². The highest BCUT2D eigenvalue weighted by Crippen LogP contribution is 2.29. The van der Waals surface area contributed by atoms with Crippen LogP contribution in [0.5, 0.6) is 5.75 Å². The molecule has 0 bridgehead atoms. The van der Waals surface area contributed by atoms with Crippen LogP contribution in [0.3, 0.4) is 0 Å². The van der Waals surface area contributed by atoms with Gasteiger partial charge < -0.3 is 15.0 Å². The number of rotatable bonds is 5. The van der Waals surface area contributed by atoms with Crippen LogP contribution in [0.15, 0.2) is 48.8 Å². The molecule has 0 spiro atoms. The average Bonchev–Trinajstić information content (AvgIpc) is 2.77. The first-order valence-electron chi connectivity index (χ1n) is 9.70. The second-order valence-electron chi connectivity index (χ2n) is 7.19. The van der Waals surface area contributed by atoms with Crippen LogP contribution in [0.1, 0.15) is 18.4 Å². The first kappa shape index (κ1) is 19.5. The van der Waals surface area contributed by atoms with E-state index in [0.29, 0.717) is 11.6 Å². The molecule has 6 nitrogen and oxygen atoms in total. The second-order valence-corrected chi connectivity index (χ2v) is 7.62. The molecule has 2 aromatic carbocycles. The number of carbonyl (C=O) groups excluding carboxylic acids is 1. The first-order valence-corrected chi connectivity index (χ1v) is 10.1. The van der Waals surface area contributed by atoms with Crippen molar-refractivity contribution in [3.63, 3.8) is 0 Å². The molecule has 7 heteroatoms. The van der Waals surface area contributed by atoms with Crippen LogP contribution in [0, 0.1) is 5.92 Å². The quantitative estimate of drug-likeness (QED) is 0.692. The molecule has 0 radical (unpaired) electrons. The van der Waals surface area contributed by atoms with Crippen LogP contribution < -0.4 is 15.0 Å². The van der Waals surface area contributed by atoms with E-state index in [-0.39, 0.29) is 11.8 Å². The van der Waals surface area contributed by atoms with Gasteiger partial charge in [0.25, 0.3) is 0 Å². The number of hydrogen-bond donors (Lipinski definition) is 1. The Bertz CT molecular complexity index is 1000. The van der Waals surface area contributed by atoms with E-state index >= 15 is 0 Å². The number of benzene rings is 2. The monoisotopic (exact) mass is 410 g/mol. The number of halogens is 1. The minimum Gasteiger partial charge on any atom is -0.497 e. The SMILES string of the molecule is COc1ccc(CNC(=O)C2CCN(c3ncnc4cc(Cl)ccc34)CC2)cc1. The topological polar surface area (TPSA) is 67.3 Å². The highest BCUT2D eigenvalue weighted by atomic mass is 35.5. The first-order chi connectivity index (χ1) is 14.1. The van der Waals surface area contributed by atoms with E-state index in [1.54, 1.807) is 13.4 Å². The summed E-state index contributed by atoms with van der Waals surface area (Å²) in [7, 11) is 1.64. The standard InChI is InChI=1S/C22H23ClN4O2/c1-29-18-5-2-15(3-6-18)13-24-22(28)16-8-10-27(11-9-16)21-19-7-4-17(23)12-20(19)25-14-26-21/h2-7,12,14,16H,8-11,13H2,1H3,(H,24,28). The van der Waals surface area contributed by atoms with Crippen molar-refractivity contribution in [3.05, 3.63) is 59.4 Å². The lowest BCUT2D eigenvalue weighted by Crippen LogP contribution is -2.40. The van der Waals surface area contributed by atoms with Crippen molar-refractivity contribution in [2.45, 2.75) is 19.4 Å². The number of piperidine rings is 1. The van der Waals surface area contributed by atoms with E-state index in [1.165, 1.54) is 0 Å². The summed E-state index contributed by atoms with van der Waals surface area (Å²) in [6, 6.07) is 13.4. The van der Waals surface area contributed by atoms with E-state index in [1.807, 2.05) is 42.5 Å². The Morgan fingerprint density at radius 1 is 1.17 bits per heavy atom. The third-order valence-electron chi connectivity index (χ3n) is 5.37. The van der Waals surface area contributed by atoms with Crippen LogP contribution in [0.2, 0.25) is 5.02 Å². The molecule has 1 aliphatic heterocycles. The lowest BCUT2D eigenvalue weighted by molar-refractivity contribution is -0.125. The molecule has 150 valence electrons. The predicted molar refractivity (Wildman–Crippen MR) is 114 cm³/mol. The number of anilines is 1. The van der Waals surface area contributed by atoms with Gasteiger partial charge in [0, 0.05) is 36.0 Å². The van der Waals surface area contributed by atoms with Gasteiger partial charge >= 0.3 is 0 Å². The molecule has 1 saturated heterocycles. The van der Waals surface area contributed by atoms with Gasteiger partial charge in [-0.1, -0.05) is 23.7 Å². The normalized spacial score (nSPS) is 14.8. The number of nitrogens with zero attached hydrogens (tertiary/aromatic N) is 3. The highest BCUT2D eigenvalue weighted by Gasteiger charge is 2.26.